The van der Waals surface area contributed by atoms with Gasteiger partial charge in [0.05, 0.1) is 0 Å². The summed E-state index contributed by atoms with van der Waals surface area (Å²) in [5.74, 6) is -0.692. The summed E-state index contributed by atoms with van der Waals surface area (Å²) < 4.78 is 9.89. The lowest BCUT2D eigenvalue weighted by Crippen LogP contribution is -1.98. The predicted molar refractivity (Wildman–Crippen MR) is 57.8 cm³/mol. The van der Waals surface area contributed by atoms with E-state index >= 15 is 0 Å². The van der Waals surface area contributed by atoms with Crippen LogP contribution in [0.15, 0.2) is 0 Å². The van der Waals surface area contributed by atoms with Crippen LogP contribution in [0.2, 0.25) is 0 Å². The molecule has 0 saturated heterocycles. The molecule has 0 unspecified atom stereocenters. The number of carboxylic acid groups (broad SMARTS) is 1. The number of rotatable bonds is 11. The molecule has 0 heterocycles. The highest BCUT2D eigenvalue weighted by Gasteiger charge is 1.96. The van der Waals surface area contributed by atoms with Gasteiger partial charge in [-0.1, -0.05) is 25.7 Å². The maximum atomic E-state index is 10.2. The minimum atomic E-state index is -0.692. The molecular weight excluding hydrogens is 196 g/mol. The Hall–Kier alpha value is -0.610. The van der Waals surface area contributed by atoms with E-state index in [1.807, 2.05) is 0 Å². The molecule has 1 N–H and O–H groups in total. The van der Waals surface area contributed by atoms with Crippen LogP contribution >= 0.6 is 0 Å². The second-order valence-corrected chi connectivity index (χ2v) is 3.58. The van der Waals surface area contributed by atoms with Gasteiger partial charge >= 0.3 is 5.97 Å². The van der Waals surface area contributed by atoms with Gasteiger partial charge in [-0.3, -0.25) is 4.79 Å². The monoisotopic (exact) mass is 218 g/mol. The molecule has 0 spiro atoms. The van der Waals surface area contributed by atoms with Crippen LogP contribution in [0.25, 0.3) is 0 Å². The first-order valence-electron chi connectivity index (χ1n) is 5.56. The summed E-state index contributed by atoms with van der Waals surface area (Å²) in [6.07, 6.45) is 6.62. The molecule has 0 rings (SSSR count). The second kappa shape index (κ2) is 11.5. The summed E-state index contributed by atoms with van der Waals surface area (Å²) in [7, 11) is 1.61. The van der Waals surface area contributed by atoms with Gasteiger partial charge in [-0.25, -0.2) is 0 Å². The van der Waals surface area contributed by atoms with E-state index in [-0.39, 0.29) is 0 Å². The van der Waals surface area contributed by atoms with Crippen molar-refractivity contribution in [2.75, 3.05) is 20.5 Å². The van der Waals surface area contributed by atoms with Crippen LogP contribution in [-0.2, 0) is 14.3 Å². The van der Waals surface area contributed by atoms with E-state index in [1.165, 1.54) is 0 Å². The van der Waals surface area contributed by atoms with Crippen LogP contribution in [0, 0.1) is 0 Å². The normalized spacial score (nSPS) is 10.5. The zero-order valence-corrected chi connectivity index (χ0v) is 9.54. The van der Waals surface area contributed by atoms with Crippen LogP contribution in [0.5, 0.6) is 0 Å². The van der Waals surface area contributed by atoms with E-state index < -0.39 is 5.97 Å². The lowest BCUT2D eigenvalue weighted by Gasteiger charge is -2.02. The highest BCUT2D eigenvalue weighted by molar-refractivity contribution is 5.66. The SMILES string of the molecule is COCOCCCCCCCCC(=O)O. The smallest absolute Gasteiger partial charge is 0.303 e. The minimum Gasteiger partial charge on any atom is -0.481 e. The fourth-order valence-electron chi connectivity index (χ4n) is 1.33. The molecule has 0 radical (unpaired) electrons. The number of carboxylic acids is 1. The zero-order chi connectivity index (χ0) is 11.4. The van der Waals surface area contributed by atoms with Gasteiger partial charge < -0.3 is 14.6 Å². The van der Waals surface area contributed by atoms with E-state index in [9.17, 15) is 4.79 Å². The molecule has 4 heteroatoms. The standard InChI is InChI=1S/C11H22O4/c1-14-10-15-9-7-5-3-2-4-6-8-11(12)13/h2-10H2,1H3,(H,12,13). The highest BCUT2D eigenvalue weighted by Crippen LogP contribution is 2.07. The molecule has 15 heavy (non-hydrogen) atoms. The molecule has 0 atom stereocenters. The lowest BCUT2D eigenvalue weighted by molar-refractivity contribution is -0.137. The van der Waals surface area contributed by atoms with Crippen molar-refractivity contribution in [3.05, 3.63) is 0 Å². The maximum absolute atomic E-state index is 10.2. The Labute approximate surface area is 91.6 Å². The summed E-state index contributed by atoms with van der Waals surface area (Å²) in [5.41, 5.74) is 0. The fourth-order valence-corrected chi connectivity index (χ4v) is 1.33. The average Bonchev–Trinajstić information content (AvgIpc) is 2.20. The third-order valence-electron chi connectivity index (χ3n) is 2.13. The van der Waals surface area contributed by atoms with Crippen molar-refractivity contribution in [3.63, 3.8) is 0 Å². The first-order chi connectivity index (χ1) is 7.27. The van der Waals surface area contributed by atoms with Crippen molar-refractivity contribution in [2.24, 2.45) is 0 Å². The molecule has 4 nitrogen and oxygen atoms in total. The van der Waals surface area contributed by atoms with Crippen LogP contribution in [0.3, 0.4) is 0 Å². The molecular formula is C11H22O4. The van der Waals surface area contributed by atoms with Crippen molar-refractivity contribution in [1.29, 1.82) is 0 Å². The summed E-state index contributed by atoms with van der Waals surface area (Å²) in [5, 5.41) is 8.41. The van der Waals surface area contributed by atoms with E-state index in [0.717, 1.165) is 45.1 Å². The number of aliphatic carboxylic acids is 1. The van der Waals surface area contributed by atoms with Crippen molar-refractivity contribution in [3.8, 4) is 0 Å². The highest BCUT2D eigenvalue weighted by atomic mass is 16.7. The molecule has 0 bridgehead atoms. The topological polar surface area (TPSA) is 55.8 Å². The minimum absolute atomic E-state index is 0.303. The number of carbonyl (C=O) groups is 1. The Kier molecular flexibility index (Phi) is 11.0. The van der Waals surface area contributed by atoms with Crippen LogP contribution in [-0.4, -0.2) is 31.6 Å². The molecule has 0 saturated carbocycles. The van der Waals surface area contributed by atoms with Crippen molar-refractivity contribution >= 4 is 5.97 Å². The van der Waals surface area contributed by atoms with E-state index in [0.29, 0.717) is 13.2 Å². The second-order valence-electron chi connectivity index (χ2n) is 3.58. The van der Waals surface area contributed by atoms with E-state index in [2.05, 4.69) is 0 Å². The molecule has 0 amide bonds. The van der Waals surface area contributed by atoms with Crippen LogP contribution in [0.1, 0.15) is 44.9 Å². The summed E-state index contributed by atoms with van der Waals surface area (Å²) in [6.45, 7) is 1.13. The first kappa shape index (κ1) is 14.4. The number of hydrogen-bond donors (Lipinski definition) is 1. The van der Waals surface area contributed by atoms with Gasteiger partial charge in [-0.05, 0) is 12.8 Å². The third kappa shape index (κ3) is 13.4. The van der Waals surface area contributed by atoms with Crippen molar-refractivity contribution < 1.29 is 19.4 Å². The van der Waals surface area contributed by atoms with E-state index in [1.54, 1.807) is 7.11 Å². The first-order valence-corrected chi connectivity index (χ1v) is 5.56. The van der Waals surface area contributed by atoms with E-state index in [4.69, 9.17) is 14.6 Å². The number of hydrogen-bond acceptors (Lipinski definition) is 3. The lowest BCUT2D eigenvalue weighted by atomic mass is 10.1. The predicted octanol–water partition coefficient (Wildman–Crippen LogP) is 2.42. The largest absolute Gasteiger partial charge is 0.481 e. The summed E-state index contributed by atoms with van der Waals surface area (Å²) in [4.78, 5) is 10.2. The maximum Gasteiger partial charge on any atom is 0.303 e. The average molecular weight is 218 g/mol. The van der Waals surface area contributed by atoms with Gasteiger partial charge in [0.1, 0.15) is 6.79 Å². The van der Waals surface area contributed by atoms with Gasteiger partial charge in [-0.15, -0.1) is 0 Å². The summed E-state index contributed by atoms with van der Waals surface area (Å²) in [6, 6.07) is 0. The Bertz CT molecular complexity index is 148. The molecule has 0 aromatic carbocycles. The Morgan fingerprint density at radius 2 is 1.67 bits per heavy atom. The molecule has 0 aliphatic rings. The molecule has 0 aromatic heterocycles. The van der Waals surface area contributed by atoms with Gasteiger partial charge in [0, 0.05) is 20.1 Å². The Balaban J connectivity index is 2.89. The molecule has 0 aromatic rings. The van der Waals surface area contributed by atoms with Crippen molar-refractivity contribution in [2.45, 2.75) is 44.9 Å². The molecule has 90 valence electrons. The quantitative estimate of drug-likeness (QED) is 0.427. The van der Waals surface area contributed by atoms with Gasteiger partial charge in [0.15, 0.2) is 0 Å². The molecule has 0 fully saturated rings. The summed E-state index contributed by atoms with van der Waals surface area (Å²) >= 11 is 0. The van der Waals surface area contributed by atoms with Crippen LogP contribution < -0.4 is 0 Å². The Morgan fingerprint density at radius 1 is 1.07 bits per heavy atom. The number of ether oxygens (including phenoxy) is 2. The third-order valence-corrected chi connectivity index (χ3v) is 2.13. The molecule has 0 aliphatic heterocycles. The number of methoxy groups -OCH3 is 1. The van der Waals surface area contributed by atoms with Crippen LogP contribution in [0.4, 0.5) is 0 Å². The van der Waals surface area contributed by atoms with Gasteiger partial charge in [-0.2, -0.15) is 0 Å². The van der Waals surface area contributed by atoms with Gasteiger partial charge in [0.2, 0.25) is 0 Å². The fraction of sp³-hybridized carbons (Fsp3) is 0.909. The number of unbranched alkanes of at least 4 members (excludes halogenated alkanes) is 5. The van der Waals surface area contributed by atoms with Crippen molar-refractivity contribution in [1.82, 2.24) is 0 Å². The van der Waals surface area contributed by atoms with Gasteiger partial charge in [0.25, 0.3) is 0 Å². The molecule has 0 aliphatic carbocycles. The zero-order valence-electron chi connectivity index (χ0n) is 9.54. The Morgan fingerprint density at radius 3 is 2.27 bits per heavy atom.